The van der Waals surface area contributed by atoms with Crippen LogP contribution in [0.2, 0.25) is 5.02 Å². The maximum Gasteiger partial charge on any atom is 0.119 e. The molecule has 142 valence electrons. The first-order chi connectivity index (χ1) is 13.6. The zero-order valence-corrected chi connectivity index (χ0v) is 17.0. The summed E-state index contributed by atoms with van der Waals surface area (Å²) in [6.45, 7) is 5.69. The SMILES string of the molecule is CC(C)Oc1ccc(CNCc2ccc(C#Cc3ccccc3Cl)cc2)cc1. The molecule has 0 unspecified atom stereocenters. The Morgan fingerprint density at radius 3 is 2.04 bits per heavy atom. The van der Waals surface area contributed by atoms with Crippen LogP contribution in [-0.4, -0.2) is 6.10 Å². The van der Waals surface area contributed by atoms with Crippen molar-refractivity contribution in [2.24, 2.45) is 0 Å². The molecule has 0 aliphatic heterocycles. The third kappa shape index (κ3) is 6.16. The first-order valence-electron chi connectivity index (χ1n) is 9.42. The van der Waals surface area contributed by atoms with Gasteiger partial charge >= 0.3 is 0 Å². The molecule has 0 bridgehead atoms. The van der Waals surface area contributed by atoms with Gasteiger partial charge in [0.1, 0.15) is 5.75 Å². The second-order valence-corrected chi connectivity index (χ2v) is 7.25. The van der Waals surface area contributed by atoms with E-state index in [2.05, 4.69) is 41.4 Å². The molecule has 28 heavy (non-hydrogen) atoms. The average molecular weight is 390 g/mol. The predicted molar refractivity (Wildman–Crippen MR) is 117 cm³/mol. The van der Waals surface area contributed by atoms with Crippen molar-refractivity contribution in [3.05, 3.63) is 100 Å². The quantitative estimate of drug-likeness (QED) is 0.536. The van der Waals surface area contributed by atoms with Crippen LogP contribution >= 0.6 is 11.6 Å². The molecule has 0 saturated carbocycles. The van der Waals surface area contributed by atoms with E-state index in [0.717, 1.165) is 30.0 Å². The number of hydrogen-bond acceptors (Lipinski definition) is 2. The minimum absolute atomic E-state index is 0.196. The lowest BCUT2D eigenvalue weighted by atomic mass is 10.1. The summed E-state index contributed by atoms with van der Waals surface area (Å²) in [5, 5.41) is 4.15. The molecule has 0 atom stereocenters. The zero-order valence-electron chi connectivity index (χ0n) is 16.2. The molecule has 0 aliphatic rings. The van der Waals surface area contributed by atoms with Gasteiger partial charge < -0.3 is 10.1 Å². The number of halogens is 1. The van der Waals surface area contributed by atoms with Crippen molar-refractivity contribution in [1.29, 1.82) is 0 Å². The molecular weight excluding hydrogens is 366 g/mol. The molecule has 0 spiro atoms. The Balaban J connectivity index is 1.50. The Morgan fingerprint density at radius 2 is 1.43 bits per heavy atom. The van der Waals surface area contributed by atoms with E-state index in [-0.39, 0.29) is 6.10 Å². The predicted octanol–water partition coefficient (Wildman–Crippen LogP) is 5.82. The standard InChI is InChI=1S/C25H24ClNO/c1-19(2)28-24-15-12-22(13-16-24)18-27-17-21-9-7-20(8-10-21)11-14-23-5-3-4-6-25(23)26/h3-10,12-13,15-16,19,27H,17-18H2,1-2H3. The van der Waals surface area contributed by atoms with Crippen molar-refractivity contribution in [2.45, 2.75) is 33.0 Å². The molecule has 3 aromatic rings. The summed E-state index contributed by atoms with van der Waals surface area (Å²) in [6.07, 6.45) is 0.196. The Hall–Kier alpha value is -2.73. The molecule has 0 aliphatic carbocycles. The number of nitrogens with one attached hydrogen (secondary N) is 1. The largest absolute Gasteiger partial charge is 0.491 e. The van der Waals surface area contributed by atoms with E-state index >= 15 is 0 Å². The van der Waals surface area contributed by atoms with Crippen molar-refractivity contribution in [1.82, 2.24) is 5.32 Å². The van der Waals surface area contributed by atoms with E-state index in [1.807, 2.05) is 62.4 Å². The van der Waals surface area contributed by atoms with E-state index in [1.54, 1.807) is 0 Å². The van der Waals surface area contributed by atoms with Crippen LogP contribution in [0.4, 0.5) is 0 Å². The van der Waals surface area contributed by atoms with E-state index in [1.165, 1.54) is 11.1 Å². The molecule has 0 amide bonds. The maximum atomic E-state index is 6.14. The van der Waals surface area contributed by atoms with Gasteiger partial charge in [-0.25, -0.2) is 0 Å². The molecule has 0 aromatic heterocycles. The van der Waals surface area contributed by atoms with Crippen molar-refractivity contribution in [3.63, 3.8) is 0 Å². The summed E-state index contributed by atoms with van der Waals surface area (Å²) >= 11 is 6.14. The normalized spacial score (nSPS) is 10.4. The van der Waals surface area contributed by atoms with Crippen LogP contribution in [0.15, 0.2) is 72.8 Å². The summed E-state index contributed by atoms with van der Waals surface area (Å²) in [5.41, 5.74) is 4.28. The Morgan fingerprint density at radius 1 is 0.821 bits per heavy atom. The van der Waals surface area contributed by atoms with Crippen LogP contribution in [0.25, 0.3) is 0 Å². The average Bonchev–Trinajstić information content (AvgIpc) is 2.69. The number of rotatable bonds is 6. The highest BCUT2D eigenvalue weighted by Crippen LogP contribution is 2.15. The van der Waals surface area contributed by atoms with Gasteiger partial charge in [-0.3, -0.25) is 0 Å². The van der Waals surface area contributed by atoms with Gasteiger partial charge in [-0.2, -0.15) is 0 Å². The highest BCUT2D eigenvalue weighted by atomic mass is 35.5. The Bertz CT molecular complexity index is 950. The van der Waals surface area contributed by atoms with Gasteiger partial charge in [0.05, 0.1) is 11.1 Å². The van der Waals surface area contributed by atoms with Crippen LogP contribution in [0, 0.1) is 11.8 Å². The Labute approximate surface area is 172 Å². The lowest BCUT2D eigenvalue weighted by molar-refractivity contribution is 0.242. The molecule has 2 nitrogen and oxygen atoms in total. The monoisotopic (exact) mass is 389 g/mol. The lowest BCUT2D eigenvalue weighted by Crippen LogP contribution is -2.12. The van der Waals surface area contributed by atoms with Crippen molar-refractivity contribution >= 4 is 11.6 Å². The third-order valence-corrected chi connectivity index (χ3v) is 4.45. The van der Waals surface area contributed by atoms with Crippen LogP contribution in [-0.2, 0) is 13.1 Å². The van der Waals surface area contributed by atoms with Crippen LogP contribution < -0.4 is 10.1 Å². The number of hydrogen-bond donors (Lipinski definition) is 1. The summed E-state index contributed by atoms with van der Waals surface area (Å²) < 4.78 is 5.67. The maximum absolute atomic E-state index is 6.14. The summed E-state index contributed by atoms with van der Waals surface area (Å²) in [6, 6.07) is 24.1. The fourth-order valence-corrected chi connectivity index (χ4v) is 2.90. The first-order valence-corrected chi connectivity index (χ1v) is 9.80. The molecule has 3 rings (SSSR count). The van der Waals surface area contributed by atoms with E-state index < -0.39 is 0 Å². The zero-order chi connectivity index (χ0) is 19.8. The van der Waals surface area contributed by atoms with Crippen LogP contribution in [0.1, 0.15) is 36.1 Å². The fraction of sp³-hybridized carbons (Fsp3) is 0.200. The number of ether oxygens (including phenoxy) is 1. The summed E-state index contributed by atoms with van der Waals surface area (Å²) in [4.78, 5) is 0. The van der Waals surface area contributed by atoms with E-state index in [9.17, 15) is 0 Å². The summed E-state index contributed by atoms with van der Waals surface area (Å²) in [5.74, 6) is 7.19. The van der Waals surface area contributed by atoms with Crippen molar-refractivity contribution in [3.8, 4) is 17.6 Å². The minimum atomic E-state index is 0.196. The second-order valence-electron chi connectivity index (χ2n) is 6.84. The minimum Gasteiger partial charge on any atom is -0.491 e. The van der Waals surface area contributed by atoms with Crippen LogP contribution in [0.3, 0.4) is 0 Å². The van der Waals surface area contributed by atoms with Gasteiger partial charge in [0, 0.05) is 24.2 Å². The van der Waals surface area contributed by atoms with Crippen molar-refractivity contribution < 1.29 is 4.74 Å². The fourth-order valence-electron chi connectivity index (χ4n) is 2.72. The highest BCUT2D eigenvalue weighted by molar-refractivity contribution is 6.31. The molecule has 3 heteroatoms. The lowest BCUT2D eigenvalue weighted by Gasteiger charge is -2.10. The smallest absolute Gasteiger partial charge is 0.119 e. The van der Waals surface area contributed by atoms with Gasteiger partial charge in [0.25, 0.3) is 0 Å². The van der Waals surface area contributed by atoms with Gasteiger partial charge in [-0.1, -0.05) is 59.8 Å². The molecule has 0 saturated heterocycles. The first kappa shape index (κ1) is 20.0. The van der Waals surface area contributed by atoms with Gasteiger partial charge in [0.2, 0.25) is 0 Å². The Kier molecular flexibility index (Phi) is 7.14. The molecular formula is C25H24ClNO. The van der Waals surface area contributed by atoms with Crippen molar-refractivity contribution in [2.75, 3.05) is 0 Å². The van der Waals surface area contributed by atoms with E-state index in [0.29, 0.717) is 5.02 Å². The topological polar surface area (TPSA) is 21.3 Å². The third-order valence-electron chi connectivity index (χ3n) is 4.12. The highest BCUT2D eigenvalue weighted by Gasteiger charge is 1.99. The van der Waals surface area contributed by atoms with Gasteiger partial charge in [-0.15, -0.1) is 0 Å². The molecule has 0 heterocycles. The summed E-state index contributed by atoms with van der Waals surface area (Å²) in [7, 11) is 0. The van der Waals surface area contributed by atoms with E-state index in [4.69, 9.17) is 16.3 Å². The number of benzene rings is 3. The molecule has 1 N–H and O–H groups in total. The van der Waals surface area contributed by atoms with Gasteiger partial charge in [-0.05, 0) is 61.4 Å². The molecule has 0 radical (unpaired) electrons. The molecule has 0 fully saturated rings. The van der Waals surface area contributed by atoms with Gasteiger partial charge in [0.15, 0.2) is 0 Å². The molecule has 3 aromatic carbocycles. The second kappa shape index (κ2) is 9.99. The van der Waals surface area contributed by atoms with Crippen LogP contribution in [0.5, 0.6) is 5.75 Å².